The summed E-state index contributed by atoms with van der Waals surface area (Å²) in [6.07, 6.45) is 12.5. The third kappa shape index (κ3) is 37.9. The molecule has 2 aromatic heterocycles. The number of anilines is 4. The molecule has 0 bridgehead atoms. The largest absolute Gasteiger partial charge is 0.693 e. The maximum Gasteiger partial charge on any atom is 0.309 e. The molecule has 0 saturated heterocycles. The van der Waals surface area contributed by atoms with Crippen molar-refractivity contribution in [1.82, 2.24) is 30.0 Å². The molecule has 0 spiro atoms. The molecule has 2 radical (unpaired) electrons. The number of aliphatic carboxylic acids is 4. The molecule has 8 aromatic carbocycles. The minimum Gasteiger partial charge on any atom is -0.693 e. The molecule has 29 nitrogen and oxygen atoms in total. The van der Waals surface area contributed by atoms with E-state index >= 15 is 0 Å². The van der Waals surface area contributed by atoms with Crippen LogP contribution in [0.2, 0.25) is 0 Å². The summed E-state index contributed by atoms with van der Waals surface area (Å²) >= 11 is 8.60. The molecule has 0 fully saturated rings. The number of carbonyl (C=O) groups is 6. The fraction of sp³-hybridized carbons (Fsp3) is 0.179. The number of carboxylic acids is 4. The molecule has 646 valence electrons. The van der Waals surface area contributed by atoms with Gasteiger partial charge in [-0.2, -0.15) is 0 Å². The number of halogens is 9. The van der Waals surface area contributed by atoms with Crippen LogP contribution in [0, 0.1) is 0 Å². The molecule has 12 N–H and O–H groups in total. The van der Waals surface area contributed by atoms with Gasteiger partial charge in [0.2, 0.25) is 11.8 Å². The van der Waals surface area contributed by atoms with Crippen LogP contribution in [0.15, 0.2) is 199 Å². The van der Waals surface area contributed by atoms with Crippen LogP contribution in [-0.4, -0.2) is 105 Å². The Morgan fingerprint density at radius 1 is 0.458 bits per heavy atom. The molecule has 4 aliphatic rings. The van der Waals surface area contributed by atoms with Gasteiger partial charge in [-0.3, -0.25) is 28.8 Å². The summed E-state index contributed by atoms with van der Waals surface area (Å²) in [5.41, 5.74) is 24.8. The van der Waals surface area contributed by atoms with Crippen molar-refractivity contribution in [2.75, 3.05) is 26.1 Å². The first-order chi connectivity index (χ1) is 53.7. The van der Waals surface area contributed by atoms with Crippen molar-refractivity contribution in [2.24, 2.45) is 5.11 Å². The second kappa shape index (κ2) is 68.1. The van der Waals surface area contributed by atoms with Crippen molar-refractivity contribution in [3.05, 3.63) is 274 Å². The van der Waals surface area contributed by atoms with Crippen LogP contribution in [0.4, 0.5) is 22.7 Å². The summed E-state index contributed by atoms with van der Waals surface area (Å²) in [7, 11) is 19.5. The SMILES string of the molecule is C.C.C.CC(=O)N1Cc2ccccc2-c2c(nnn2CC(=O)O)-c2ccccc21.CC(=O)N1Cc2ccccc2/C=C\c2ccccc21.CCC(=O)O.II.I[I-]I.O=[C-]N1Cc2ccccc2-c2c(nnn2CC(=O)O)-c2ccccc21.O=[C-]N1Cc2ccccc2/C=C\c2ccccc21.[Cl][Pt+2][Cl].[Cl][Pt+2][Cl].[N-]=[N+]=NCC(=O)O.[NH2-].[NH2-].[NH2-].[NH2-].[Y].[Y]. The fourth-order valence-electron chi connectivity index (χ4n) is 11.2. The molecule has 0 aliphatic carbocycles. The Morgan fingerprint density at radius 2 is 0.742 bits per heavy atom. The van der Waals surface area contributed by atoms with Crippen molar-refractivity contribution < 1.29 is 170 Å². The number of hydrogen-bond donors (Lipinski definition) is 4. The molecule has 0 saturated carbocycles. The second-order valence-electron chi connectivity index (χ2n) is 22.4. The summed E-state index contributed by atoms with van der Waals surface area (Å²) < 4.78 is 2.78. The van der Waals surface area contributed by atoms with Crippen LogP contribution < -0.4 is 32.9 Å². The van der Waals surface area contributed by atoms with Gasteiger partial charge >= 0.3 is 145 Å². The van der Waals surface area contributed by atoms with Crippen molar-refractivity contribution in [1.29, 1.82) is 0 Å². The molecule has 10 aromatic rings. The maximum atomic E-state index is 12.3. The third-order valence-electron chi connectivity index (χ3n) is 15.8. The van der Waals surface area contributed by atoms with E-state index in [1.807, 2.05) is 200 Å². The Balaban J connectivity index is -0.000000443. The predicted octanol–water partition coefficient (Wildman–Crippen LogP) is 20.5. The van der Waals surface area contributed by atoms with E-state index in [1.165, 1.54) is 32.3 Å². The quantitative estimate of drug-likeness (QED) is 0.0343. The molecule has 42 heteroatoms. The number of aromatic nitrogens is 6. The summed E-state index contributed by atoms with van der Waals surface area (Å²) in [6.45, 7) is 5.59. The topological polar surface area (TPSA) is 475 Å². The molecular weight excluding hydrogens is 2710 g/mol. The molecule has 4 aliphatic heterocycles. The number of nitrogens with two attached hydrogens (primary N) is 4. The zero-order chi connectivity index (χ0) is 81.4. The van der Waals surface area contributed by atoms with Crippen LogP contribution in [0.1, 0.15) is 94.0 Å². The zero-order valence-corrected chi connectivity index (χ0v) is 85.8. The van der Waals surface area contributed by atoms with Crippen LogP contribution in [0.3, 0.4) is 0 Å². The second-order valence-corrected chi connectivity index (χ2v) is 45.3. The number of fused-ring (bicyclic) bond motifs is 14. The van der Waals surface area contributed by atoms with E-state index in [-0.39, 0.29) is 144 Å². The van der Waals surface area contributed by atoms with E-state index < -0.39 is 63.4 Å². The van der Waals surface area contributed by atoms with Gasteiger partial charge in [-0.1, -0.05) is 261 Å². The van der Waals surface area contributed by atoms with Gasteiger partial charge in [0.15, 0.2) is 0 Å². The monoisotopic (exact) mass is 2790 g/mol. The van der Waals surface area contributed by atoms with Gasteiger partial charge in [-0.25, -0.2) is 9.36 Å². The molecule has 0 atom stereocenters. The Kier molecular flexibility index (Phi) is 70.0. The van der Waals surface area contributed by atoms with Gasteiger partial charge in [0.25, 0.3) is 0 Å². The van der Waals surface area contributed by atoms with Crippen molar-refractivity contribution in [2.45, 2.75) is 88.7 Å². The number of para-hydroxylation sites is 4. The van der Waals surface area contributed by atoms with E-state index in [2.05, 4.69) is 142 Å². The normalized spacial score (nSPS) is 11.2. The minimum atomic E-state index is -1.11. The standard InChI is InChI=1S/C19H16N4O3.C18H13N4O3.C17H15NO.C16H12NO.C3H6O2.C2H3N3O2.3CH4.4ClH.I3.I2.4H2N.2Pt.2Y/c1-12(24)22-10-13-6-2-3-7-14(13)19-18(15-8-4-5-9-16(15)22)20-21-23(19)11-17(25)26;23-11-21-9-12-5-1-2-6-13(12)18-17(14-7-3-4-8-15(14)21)19-20-22(18)10-16(24)25;1-13(19)18-12-16-8-3-2-6-14(16)10-11-15-7-4-5-9-17(15)18;18-12-17-11-15-7-2-1-5-13(15)9-10-14-6-3-4-8-16(14)17;1-2-3(4)5;3-5-4-1-2(6)7;;;;;;;;1-3-2;1-2;;;;;;;;/h2-9H,10-11H2,1H3,(H,25,26);1-8H,9-10H2,(H,24,25);2-11H,12H2,1H3;1-10H,11H2;2H2,1H3,(H,4,5);1H2,(H,6,7);3*1H4;4*1H;;;4*1H2;;;;/q;-1;;-1;;;;;;;;;;-1;;4*-1;2*+4;;/p-4/b;;11-10-;10-9-;;;;;;;;;;;;;;;;;;;. The number of hydrogen-bond acceptors (Lipinski definition) is 13. The molecular formula is C78H85Cl4I5N17O12Pt2Y2-3. The summed E-state index contributed by atoms with van der Waals surface area (Å²) in [5.74, 6) is -3.85. The van der Waals surface area contributed by atoms with Gasteiger partial charge in [0.1, 0.15) is 31.0 Å². The molecule has 6 heterocycles. The average Bonchev–Trinajstić information content (AvgIpc) is 1.58. The van der Waals surface area contributed by atoms with E-state index in [0.717, 1.165) is 67.1 Å². The molecule has 120 heavy (non-hydrogen) atoms. The number of carbonyl (C=O) groups excluding carboxylic acids is 4. The molecule has 14 rings (SSSR count). The number of nitrogens with zero attached hydrogens (tertiary/aromatic N) is 13. The summed E-state index contributed by atoms with van der Waals surface area (Å²) in [5, 5.41) is 53.3. The number of azide groups is 1. The maximum absolute atomic E-state index is 12.3. The van der Waals surface area contributed by atoms with Crippen LogP contribution in [0.5, 0.6) is 0 Å². The number of amides is 4. The first kappa shape index (κ1) is 123. The smallest absolute Gasteiger partial charge is 0.309 e. The third-order valence-corrected chi connectivity index (χ3v) is 15.8. The first-order valence-corrected chi connectivity index (χ1v) is 62.1. The van der Waals surface area contributed by atoms with E-state index in [4.69, 9.17) is 53.4 Å². The number of rotatable bonds is 9. The van der Waals surface area contributed by atoms with E-state index in [0.29, 0.717) is 73.5 Å². The van der Waals surface area contributed by atoms with Crippen molar-refractivity contribution in [3.8, 4) is 45.0 Å². The van der Waals surface area contributed by atoms with Crippen LogP contribution >= 0.6 is 112 Å². The Morgan fingerprint density at radius 3 is 1.12 bits per heavy atom. The van der Waals surface area contributed by atoms with Gasteiger partial charge in [0.05, 0.1) is 48.7 Å². The molecule has 0 unspecified atom stereocenters. The van der Waals surface area contributed by atoms with Crippen LogP contribution in [0.25, 0.3) is 104 Å². The number of benzene rings is 8. The summed E-state index contributed by atoms with van der Waals surface area (Å²) in [4.78, 5) is 97.2. The van der Waals surface area contributed by atoms with Gasteiger partial charge in [-0.05, 0) is 56.6 Å². The minimum absolute atomic E-state index is 0. The number of carboxylic acid groups (broad SMARTS) is 4. The van der Waals surface area contributed by atoms with Crippen LogP contribution in [-0.2, 0) is 176 Å². The van der Waals surface area contributed by atoms with Crippen molar-refractivity contribution in [3.63, 3.8) is 0 Å². The zero-order valence-electron chi connectivity index (χ0n) is 61.8. The van der Waals surface area contributed by atoms with Gasteiger partial charge < -0.3 is 74.2 Å². The van der Waals surface area contributed by atoms with Crippen molar-refractivity contribution >= 4 is 208 Å². The van der Waals surface area contributed by atoms with E-state index in [1.54, 1.807) is 23.6 Å². The van der Waals surface area contributed by atoms with Gasteiger partial charge in [-0.15, -0.1) is 22.3 Å². The Bertz CT molecular complexity index is 4950. The Labute approximate surface area is 834 Å². The first-order valence-electron chi connectivity index (χ1n) is 32.0. The summed E-state index contributed by atoms with van der Waals surface area (Å²) in [6, 6.07) is 62.1. The average molecular weight is 2800 g/mol. The fourth-order valence-corrected chi connectivity index (χ4v) is 11.2. The molecule has 4 amide bonds. The van der Waals surface area contributed by atoms with E-state index in [9.17, 15) is 48.6 Å². The Hall–Kier alpha value is -5.18. The van der Waals surface area contributed by atoms with Gasteiger partial charge in [0, 0.05) is 158 Å². The predicted molar refractivity (Wildman–Crippen MR) is 499 cm³/mol.